The van der Waals surface area contributed by atoms with Crippen molar-refractivity contribution in [3.05, 3.63) is 0 Å². The molecule has 24 heavy (non-hydrogen) atoms. The normalized spacial score (nSPS) is 17.4. The summed E-state index contributed by atoms with van der Waals surface area (Å²) in [6, 6.07) is 0. The number of hydrogen-bond acceptors (Lipinski definition) is 3. The highest BCUT2D eigenvalue weighted by Crippen LogP contribution is 2.15. The number of nitrogens with zero attached hydrogens (tertiary/aromatic N) is 4. The van der Waals surface area contributed by atoms with Gasteiger partial charge in [0, 0.05) is 52.9 Å². The topological polar surface area (TPSA) is 34.1 Å². The molecule has 1 saturated heterocycles. The Morgan fingerprint density at radius 2 is 1.79 bits per heavy atom. The van der Waals surface area contributed by atoms with Crippen LogP contribution in [0.3, 0.4) is 0 Å². The van der Waals surface area contributed by atoms with Crippen molar-refractivity contribution in [2.24, 2.45) is 10.9 Å². The molecule has 0 radical (unpaired) electrons. The number of halogens is 4. The van der Waals surface area contributed by atoms with Gasteiger partial charge in [0.2, 0.25) is 0 Å². The highest BCUT2D eigenvalue weighted by atomic mass is 127. The minimum atomic E-state index is -4.15. The van der Waals surface area contributed by atoms with Gasteiger partial charge in [-0.2, -0.15) is 13.2 Å². The minimum Gasteiger partial charge on any atom is -0.355 e. The number of alkyl halides is 3. The summed E-state index contributed by atoms with van der Waals surface area (Å²) in [7, 11) is 3.19. The lowest BCUT2D eigenvalue weighted by Crippen LogP contribution is -2.53. The molecule has 0 aromatic rings. The second-order valence-electron chi connectivity index (χ2n) is 6.51. The lowest BCUT2D eigenvalue weighted by atomic mass is 10.2. The maximum Gasteiger partial charge on any atom is 0.401 e. The second-order valence-corrected chi connectivity index (χ2v) is 6.51. The van der Waals surface area contributed by atoms with E-state index >= 15 is 0 Å². The average molecular weight is 465 g/mol. The first-order chi connectivity index (χ1) is 10.7. The van der Waals surface area contributed by atoms with Crippen LogP contribution >= 0.6 is 24.0 Å². The van der Waals surface area contributed by atoms with Gasteiger partial charge in [-0.15, -0.1) is 24.0 Å². The molecule has 1 N–H and O–H groups in total. The molecule has 1 rings (SSSR count). The van der Waals surface area contributed by atoms with Crippen LogP contribution in [-0.2, 0) is 0 Å². The lowest BCUT2D eigenvalue weighted by Gasteiger charge is -2.37. The van der Waals surface area contributed by atoms with Crippen LogP contribution < -0.4 is 5.32 Å². The van der Waals surface area contributed by atoms with Gasteiger partial charge >= 0.3 is 6.18 Å². The van der Waals surface area contributed by atoms with Crippen molar-refractivity contribution in [2.45, 2.75) is 20.0 Å². The highest BCUT2D eigenvalue weighted by molar-refractivity contribution is 14.0. The molecule has 0 bridgehead atoms. The standard InChI is InChI=1S/C15H30F3N5.HI/c1-13(2)11-22-7-9-23(10-8-22)14(19-3)20-5-6-21(4)12-15(16,17)18;/h13H,5-12H2,1-4H3,(H,19,20);1H. The molecule has 1 heterocycles. The molecular weight excluding hydrogens is 434 g/mol. The summed E-state index contributed by atoms with van der Waals surface area (Å²) in [6.07, 6.45) is -4.15. The zero-order valence-corrected chi connectivity index (χ0v) is 17.4. The second kappa shape index (κ2) is 11.3. The molecule has 0 amide bonds. The van der Waals surface area contributed by atoms with E-state index in [9.17, 15) is 13.2 Å². The summed E-state index contributed by atoms with van der Waals surface area (Å²) in [6.45, 7) is 9.18. The van der Waals surface area contributed by atoms with Crippen LogP contribution in [0.25, 0.3) is 0 Å². The van der Waals surface area contributed by atoms with Crippen LogP contribution in [0.1, 0.15) is 13.8 Å². The molecule has 0 unspecified atom stereocenters. The number of likely N-dealkylation sites (N-methyl/N-ethyl adjacent to an activating group) is 1. The van der Waals surface area contributed by atoms with Gasteiger partial charge < -0.3 is 10.2 Å². The average Bonchev–Trinajstić information content (AvgIpc) is 2.42. The van der Waals surface area contributed by atoms with Gasteiger partial charge in [0.15, 0.2) is 5.96 Å². The number of hydrogen-bond donors (Lipinski definition) is 1. The summed E-state index contributed by atoms with van der Waals surface area (Å²) in [5.41, 5.74) is 0. The molecule has 0 aromatic heterocycles. The Bertz CT molecular complexity index is 369. The first-order valence-corrected chi connectivity index (χ1v) is 8.14. The molecule has 1 aliphatic rings. The zero-order valence-electron chi connectivity index (χ0n) is 15.1. The van der Waals surface area contributed by atoms with Crippen molar-refractivity contribution in [1.29, 1.82) is 0 Å². The Morgan fingerprint density at radius 1 is 1.21 bits per heavy atom. The Hall–Kier alpha value is -0.290. The molecule has 9 heteroatoms. The Labute approximate surface area is 160 Å². The summed E-state index contributed by atoms with van der Waals surface area (Å²) in [5, 5.41) is 3.16. The third-order valence-corrected chi connectivity index (χ3v) is 3.73. The molecule has 0 saturated carbocycles. The van der Waals surface area contributed by atoms with Crippen LogP contribution in [0, 0.1) is 5.92 Å². The fourth-order valence-corrected chi connectivity index (χ4v) is 2.73. The predicted octanol–water partition coefficient (Wildman–Crippen LogP) is 1.95. The van der Waals surface area contributed by atoms with Gasteiger partial charge in [-0.3, -0.25) is 14.8 Å². The summed E-state index contributed by atoms with van der Waals surface area (Å²) in [5.74, 6) is 1.43. The molecule has 144 valence electrons. The first-order valence-electron chi connectivity index (χ1n) is 8.14. The van der Waals surface area contributed by atoms with Crippen molar-refractivity contribution >= 4 is 29.9 Å². The van der Waals surface area contributed by atoms with Gasteiger partial charge in [-0.25, -0.2) is 0 Å². The maximum atomic E-state index is 12.3. The van der Waals surface area contributed by atoms with Crippen molar-refractivity contribution in [3.8, 4) is 0 Å². The van der Waals surface area contributed by atoms with E-state index in [2.05, 4.69) is 34.0 Å². The summed E-state index contributed by atoms with van der Waals surface area (Å²) < 4.78 is 36.8. The van der Waals surface area contributed by atoms with E-state index in [1.165, 1.54) is 11.9 Å². The predicted molar refractivity (Wildman–Crippen MR) is 103 cm³/mol. The van der Waals surface area contributed by atoms with E-state index in [1.54, 1.807) is 7.05 Å². The highest BCUT2D eigenvalue weighted by Gasteiger charge is 2.29. The van der Waals surface area contributed by atoms with Crippen molar-refractivity contribution in [1.82, 2.24) is 20.0 Å². The van der Waals surface area contributed by atoms with Crippen molar-refractivity contribution < 1.29 is 13.2 Å². The monoisotopic (exact) mass is 465 g/mol. The molecule has 1 aliphatic heterocycles. The fraction of sp³-hybridized carbons (Fsp3) is 0.933. The fourth-order valence-electron chi connectivity index (χ4n) is 2.73. The van der Waals surface area contributed by atoms with Gasteiger partial charge in [0.1, 0.15) is 0 Å². The van der Waals surface area contributed by atoms with E-state index in [0.29, 0.717) is 19.0 Å². The number of piperazine rings is 1. The van der Waals surface area contributed by atoms with Gasteiger partial charge in [0.05, 0.1) is 6.54 Å². The van der Waals surface area contributed by atoms with E-state index in [-0.39, 0.29) is 24.0 Å². The van der Waals surface area contributed by atoms with Gasteiger partial charge in [0.25, 0.3) is 0 Å². The van der Waals surface area contributed by atoms with Gasteiger partial charge in [-0.05, 0) is 13.0 Å². The Morgan fingerprint density at radius 3 is 2.25 bits per heavy atom. The van der Waals surface area contributed by atoms with Gasteiger partial charge in [-0.1, -0.05) is 13.8 Å². The number of aliphatic imine (C=N–C) groups is 1. The van der Waals surface area contributed by atoms with Crippen LogP contribution in [0.5, 0.6) is 0 Å². The molecule has 0 atom stereocenters. The lowest BCUT2D eigenvalue weighted by molar-refractivity contribution is -0.142. The number of nitrogens with one attached hydrogen (secondary N) is 1. The Kier molecular flexibility index (Phi) is 11.2. The molecule has 0 aliphatic carbocycles. The van der Waals surface area contributed by atoms with Crippen LogP contribution in [0.4, 0.5) is 13.2 Å². The first kappa shape index (κ1) is 23.7. The van der Waals surface area contributed by atoms with Crippen molar-refractivity contribution in [3.63, 3.8) is 0 Å². The number of guanidine groups is 1. The van der Waals surface area contributed by atoms with Crippen LogP contribution in [0.2, 0.25) is 0 Å². The van der Waals surface area contributed by atoms with E-state index in [4.69, 9.17) is 0 Å². The third kappa shape index (κ3) is 9.87. The molecule has 0 spiro atoms. The zero-order chi connectivity index (χ0) is 17.5. The summed E-state index contributed by atoms with van der Waals surface area (Å²) in [4.78, 5) is 10.1. The van der Waals surface area contributed by atoms with E-state index in [0.717, 1.165) is 38.7 Å². The molecule has 5 nitrogen and oxygen atoms in total. The Balaban J connectivity index is 0.00000529. The minimum absolute atomic E-state index is 0. The SMILES string of the molecule is CN=C(NCCN(C)CC(F)(F)F)N1CCN(CC(C)C)CC1.I. The smallest absolute Gasteiger partial charge is 0.355 e. The van der Waals surface area contributed by atoms with E-state index in [1.807, 2.05) is 0 Å². The van der Waals surface area contributed by atoms with Crippen LogP contribution in [-0.4, -0.2) is 93.3 Å². The van der Waals surface area contributed by atoms with Crippen LogP contribution in [0.15, 0.2) is 4.99 Å². The molecular formula is C15H31F3IN5. The van der Waals surface area contributed by atoms with E-state index < -0.39 is 12.7 Å². The molecule has 1 fully saturated rings. The summed E-state index contributed by atoms with van der Waals surface area (Å²) >= 11 is 0. The number of rotatable bonds is 6. The largest absolute Gasteiger partial charge is 0.401 e. The molecule has 0 aromatic carbocycles. The maximum absolute atomic E-state index is 12.3. The quantitative estimate of drug-likeness (QED) is 0.370. The third-order valence-electron chi connectivity index (χ3n) is 3.73. The van der Waals surface area contributed by atoms with Crippen molar-refractivity contribution in [2.75, 3.05) is 66.5 Å².